The van der Waals surface area contributed by atoms with Crippen molar-refractivity contribution in [1.82, 2.24) is 13.9 Å². The number of piperidine rings is 1. The number of ether oxygens (including phenoxy) is 1. The Bertz CT molecular complexity index is 972. The molecule has 1 aliphatic rings. The molecule has 11 heteroatoms. The van der Waals surface area contributed by atoms with Gasteiger partial charge in [-0.2, -0.15) is 4.31 Å². The summed E-state index contributed by atoms with van der Waals surface area (Å²) in [6, 6.07) is 2.86. The number of aryl methyl sites for hydroxylation is 2. The minimum Gasteiger partial charge on any atom is -0.423 e. The first kappa shape index (κ1) is 21.4. The molecule has 7 nitrogen and oxygen atoms in total. The third kappa shape index (κ3) is 4.31. The molecular formula is C17H18Cl3N3O4S. The minimum absolute atomic E-state index is 0.00764. The van der Waals surface area contributed by atoms with Crippen LogP contribution < -0.4 is 4.74 Å². The first-order valence-corrected chi connectivity index (χ1v) is 11.0. The summed E-state index contributed by atoms with van der Waals surface area (Å²) >= 11 is 17.9. The number of carbonyl (C=O) groups excluding carboxylic acids is 1. The van der Waals surface area contributed by atoms with E-state index in [-0.39, 0.29) is 33.9 Å². The van der Waals surface area contributed by atoms with Gasteiger partial charge in [0.2, 0.25) is 0 Å². The molecular weight excluding hydrogens is 449 g/mol. The van der Waals surface area contributed by atoms with Crippen LogP contribution in [0.4, 0.5) is 0 Å². The van der Waals surface area contributed by atoms with Crippen molar-refractivity contribution >= 4 is 50.8 Å². The standard InChI is InChI=1S/C17H18Cl3N3O4S/c1-10-21-15(9-22(10)2)28(25,26)23-5-3-11(4-6-23)17(24)27-16-13(19)7-12(18)8-14(16)20/h7-9,11H,3-6H2,1-2H3. The number of nitrogens with zero attached hydrogens (tertiary/aromatic N) is 3. The number of carbonyl (C=O) groups is 1. The van der Waals surface area contributed by atoms with Gasteiger partial charge >= 0.3 is 5.97 Å². The van der Waals surface area contributed by atoms with Crippen LogP contribution in [0, 0.1) is 12.8 Å². The normalized spacial score (nSPS) is 16.3. The van der Waals surface area contributed by atoms with Crippen molar-refractivity contribution in [2.75, 3.05) is 13.1 Å². The Morgan fingerprint density at radius 2 is 1.75 bits per heavy atom. The smallest absolute Gasteiger partial charge is 0.314 e. The van der Waals surface area contributed by atoms with Crippen LogP contribution >= 0.6 is 34.8 Å². The Morgan fingerprint density at radius 1 is 1.18 bits per heavy atom. The molecule has 2 aromatic rings. The molecule has 0 unspecified atom stereocenters. The van der Waals surface area contributed by atoms with E-state index in [1.165, 1.54) is 22.6 Å². The highest BCUT2D eigenvalue weighted by atomic mass is 35.5. The molecule has 1 fully saturated rings. The van der Waals surface area contributed by atoms with E-state index in [1.807, 2.05) is 0 Å². The summed E-state index contributed by atoms with van der Waals surface area (Å²) in [5, 5.41) is 0.610. The number of halogens is 3. The Hall–Kier alpha value is -1.32. The van der Waals surface area contributed by atoms with Gasteiger partial charge in [-0.1, -0.05) is 34.8 Å². The second-order valence-electron chi connectivity index (χ2n) is 6.54. The molecule has 0 bridgehead atoms. The number of rotatable bonds is 4. The van der Waals surface area contributed by atoms with Crippen LogP contribution in [-0.4, -0.2) is 41.3 Å². The highest BCUT2D eigenvalue weighted by Crippen LogP contribution is 2.37. The molecule has 0 saturated carbocycles. The molecule has 3 rings (SSSR count). The average molecular weight is 467 g/mol. The van der Waals surface area contributed by atoms with Crippen molar-refractivity contribution < 1.29 is 17.9 Å². The molecule has 2 heterocycles. The molecule has 1 saturated heterocycles. The number of imidazole rings is 1. The Morgan fingerprint density at radius 3 is 2.25 bits per heavy atom. The van der Waals surface area contributed by atoms with Gasteiger partial charge < -0.3 is 9.30 Å². The first-order valence-electron chi connectivity index (χ1n) is 8.46. The summed E-state index contributed by atoms with van der Waals surface area (Å²) in [7, 11) is -1.96. The van der Waals surface area contributed by atoms with E-state index in [9.17, 15) is 13.2 Å². The molecule has 1 aromatic heterocycles. The molecule has 0 aliphatic carbocycles. The number of benzene rings is 1. The van der Waals surface area contributed by atoms with Crippen LogP contribution in [0.5, 0.6) is 5.75 Å². The Kier molecular flexibility index (Phi) is 6.26. The predicted octanol–water partition coefficient (Wildman–Crippen LogP) is 3.70. The number of sulfonamides is 1. The van der Waals surface area contributed by atoms with Gasteiger partial charge in [-0.05, 0) is 31.9 Å². The van der Waals surface area contributed by atoms with Crippen LogP contribution in [0.2, 0.25) is 15.1 Å². The molecule has 1 aromatic carbocycles. The zero-order valence-electron chi connectivity index (χ0n) is 15.2. The van der Waals surface area contributed by atoms with Crippen LogP contribution in [-0.2, 0) is 21.9 Å². The van der Waals surface area contributed by atoms with Crippen molar-refractivity contribution in [2.24, 2.45) is 13.0 Å². The van der Waals surface area contributed by atoms with Gasteiger partial charge in [0.25, 0.3) is 10.0 Å². The lowest BCUT2D eigenvalue weighted by Crippen LogP contribution is -2.41. The summed E-state index contributed by atoms with van der Waals surface area (Å²) in [4.78, 5) is 16.6. The van der Waals surface area contributed by atoms with Gasteiger partial charge in [0.15, 0.2) is 10.8 Å². The number of hydrogen-bond acceptors (Lipinski definition) is 5. The first-order chi connectivity index (χ1) is 13.1. The van der Waals surface area contributed by atoms with Gasteiger partial charge in [0.05, 0.1) is 16.0 Å². The van der Waals surface area contributed by atoms with E-state index in [1.54, 1.807) is 18.5 Å². The van der Waals surface area contributed by atoms with Gasteiger partial charge in [-0.3, -0.25) is 4.79 Å². The van der Waals surface area contributed by atoms with Crippen LogP contribution in [0.25, 0.3) is 0 Å². The monoisotopic (exact) mass is 465 g/mol. The largest absolute Gasteiger partial charge is 0.423 e. The maximum atomic E-state index is 12.7. The minimum atomic E-state index is -3.70. The Balaban J connectivity index is 1.66. The third-order valence-electron chi connectivity index (χ3n) is 4.64. The van der Waals surface area contributed by atoms with E-state index in [4.69, 9.17) is 39.5 Å². The zero-order valence-corrected chi connectivity index (χ0v) is 18.2. The average Bonchev–Trinajstić information content (AvgIpc) is 2.97. The van der Waals surface area contributed by atoms with Crippen LogP contribution in [0.3, 0.4) is 0 Å². The fourth-order valence-corrected chi connectivity index (χ4v) is 5.31. The zero-order chi connectivity index (χ0) is 20.6. The molecule has 0 amide bonds. The van der Waals surface area contributed by atoms with E-state index >= 15 is 0 Å². The van der Waals surface area contributed by atoms with E-state index in [2.05, 4.69) is 4.98 Å². The number of aromatic nitrogens is 2. The highest BCUT2D eigenvalue weighted by Gasteiger charge is 2.34. The van der Waals surface area contributed by atoms with Crippen LogP contribution in [0.15, 0.2) is 23.4 Å². The van der Waals surface area contributed by atoms with Crippen molar-refractivity contribution in [3.63, 3.8) is 0 Å². The SMILES string of the molecule is Cc1nc(S(=O)(=O)N2CCC(C(=O)Oc3c(Cl)cc(Cl)cc3Cl)CC2)cn1C. The van der Waals surface area contributed by atoms with E-state index in [0.717, 1.165) is 0 Å². The molecule has 0 atom stereocenters. The lowest BCUT2D eigenvalue weighted by molar-refractivity contribution is -0.140. The molecule has 1 aliphatic heterocycles. The summed E-state index contributed by atoms with van der Waals surface area (Å²) in [5.41, 5.74) is 0. The van der Waals surface area contributed by atoms with Gasteiger partial charge in [-0.15, -0.1) is 0 Å². The highest BCUT2D eigenvalue weighted by molar-refractivity contribution is 7.89. The molecule has 152 valence electrons. The summed E-state index contributed by atoms with van der Waals surface area (Å²) in [5.74, 6) is -0.304. The van der Waals surface area contributed by atoms with E-state index in [0.29, 0.717) is 23.7 Å². The fourth-order valence-electron chi connectivity index (χ4n) is 2.93. The van der Waals surface area contributed by atoms with Crippen LogP contribution in [0.1, 0.15) is 18.7 Å². The molecule has 0 radical (unpaired) electrons. The second kappa shape index (κ2) is 8.20. The quantitative estimate of drug-likeness (QED) is 0.507. The van der Waals surface area contributed by atoms with Gasteiger partial charge in [0.1, 0.15) is 5.82 Å². The van der Waals surface area contributed by atoms with Crippen molar-refractivity contribution in [3.8, 4) is 5.75 Å². The molecule has 28 heavy (non-hydrogen) atoms. The fraction of sp³-hybridized carbons (Fsp3) is 0.412. The van der Waals surface area contributed by atoms with E-state index < -0.39 is 21.9 Å². The summed E-state index contributed by atoms with van der Waals surface area (Å²) in [6.45, 7) is 2.12. The van der Waals surface area contributed by atoms with Crippen molar-refractivity contribution in [3.05, 3.63) is 39.2 Å². The van der Waals surface area contributed by atoms with Gasteiger partial charge in [0, 0.05) is 31.4 Å². The summed E-state index contributed by atoms with van der Waals surface area (Å²) < 4.78 is 33.8. The number of hydrogen-bond donors (Lipinski definition) is 0. The Labute approximate surface area is 178 Å². The third-order valence-corrected chi connectivity index (χ3v) is 7.19. The predicted molar refractivity (Wildman–Crippen MR) is 107 cm³/mol. The number of esters is 1. The van der Waals surface area contributed by atoms with Crippen molar-refractivity contribution in [2.45, 2.75) is 24.8 Å². The van der Waals surface area contributed by atoms with Gasteiger partial charge in [-0.25, -0.2) is 13.4 Å². The maximum absolute atomic E-state index is 12.7. The lowest BCUT2D eigenvalue weighted by Gasteiger charge is -2.29. The summed E-state index contributed by atoms with van der Waals surface area (Å²) in [6.07, 6.45) is 2.13. The second-order valence-corrected chi connectivity index (χ2v) is 9.67. The molecule has 0 N–H and O–H groups in total. The topological polar surface area (TPSA) is 81.5 Å². The molecule has 0 spiro atoms. The van der Waals surface area contributed by atoms with Crippen molar-refractivity contribution in [1.29, 1.82) is 0 Å². The maximum Gasteiger partial charge on any atom is 0.314 e. The lowest BCUT2D eigenvalue weighted by atomic mass is 9.98.